The SMILES string of the molecule is CC1(C)CCCN(c2nnc(CNC(C)(C)C)o2)C1. The van der Waals surface area contributed by atoms with Gasteiger partial charge in [0.15, 0.2) is 0 Å². The van der Waals surface area contributed by atoms with Gasteiger partial charge in [-0.05, 0) is 39.0 Å². The van der Waals surface area contributed by atoms with Crippen molar-refractivity contribution in [3.05, 3.63) is 5.89 Å². The Morgan fingerprint density at radius 3 is 2.68 bits per heavy atom. The van der Waals surface area contributed by atoms with Gasteiger partial charge in [-0.25, -0.2) is 0 Å². The summed E-state index contributed by atoms with van der Waals surface area (Å²) in [5, 5.41) is 11.7. The molecule has 1 aliphatic rings. The minimum Gasteiger partial charge on any atom is -0.407 e. The topological polar surface area (TPSA) is 54.2 Å². The highest BCUT2D eigenvalue weighted by molar-refractivity contribution is 5.25. The van der Waals surface area contributed by atoms with Crippen molar-refractivity contribution in [2.45, 2.75) is 59.5 Å². The highest BCUT2D eigenvalue weighted by Gasteiger charge is 2.29. The van der Waals surface area contributed by atoms with Crippen LogP contribution in [0.3, 0.4) is 0 Å². The molecule has 0 unspecified atom stereocenters. The van der Waals surface area contributed by atoms with E-state index in [0.717, 1.165) is 13.1 Å². The summed E-state index contributed by atoms with van der Waals surface area (Å²) >= 11 is 0. The summed E-state index contributed by atoms with van der Waals surface area (Å²) in [6, 6.07) is 0.665. The molecule has 1 aromatic rings. The van der Waals surface area contributed by atoms with Crippen LogP contribution < -0.4 is 10.2 Å². The largest absolute Gasteiger partial charge is 0.407 e. The quantitative estimate of drug-likeness (QED) is 0.911. The zero-order valence-corrected chi connectivity index (χ0v) is 12.8. The summed E-state index contributed by atoms with van der Waals surface area (Å²) in [5.41, 5.74) is 0.387. The van der Waals surface area contributed by atoms with E-state index >= 15 is 0 Å². The minimum atomic E-state index is 0.0573. The molecule has 1 aromatic heterocycles. The second-order valence-corrected chi connectivity index (χ2v) is 7.27. The molecule has 2 rings (SSSR count). The van der Waals surface area contributed by atoms with Crippen molar-refractivity contribution in [3.8, 4) is 0 Å². The number of anilines is 1. The molecule has 1 aliphatic heterocycles. The van der Waals surface area contributed by atoms with E-state index in [4.69, 9.17) is 4.42 Å². The van der Waals surface area contributed by atoms with E-state index in [2.05, 4.69) is 55.0 Å². The van der Waals surface area contributed by atoms with Crippen LogP contribution >= 0.6 is 0 Å². The Morgan fingerprint density at radius 1 is 1.32 bits per heavy atom. The van der Waals surface area contributed by atoms with Crippen molar-refractivity contribution < 1.29 is 4.42 Å². The molecular formula is C14H26N4O. The summed E-state index contributed by atoms with van der Waals surface area (Å²) < 4.78 is 5.75. The van der Waals surface area contributed by atoms with Gasteiger partial charge in [0.05, 0.1) is 6.54 Å². The van der Waals surface area contributed by atoms with E-state index in [1.807, 2.05) is 0 Å². The highest BCUT2D eigenvalue weighted by Crippen LogP contribution is 2.30. The Labute approximate surface area is 115 Å². The fraction of sp³-hybridized carbons (Fsp3) is 0.857. The molecule has 0 aliphatic carbocycles. The zero-order chi connectivity index (χ0) is 14.1. The predicted molar refractivity (Wildman–Crippen MR) is 76.1 cm³/mol. The van der Waals surface area contributed by atoms with Crippen LogP contribution in [0.25, 0.3) is 0 Å². The van der Waals surface area contributed by atoms with Crippen LogP contribution in [-0.4, -0.2) is 28.8 Å². The van der Waals surface area contributed by atoms with Crippen molar-refractivity contribution >= 4 is 6.01 Å². The van der Waals surface area contributed by atoms with Crippen LogP contribution in [0.15, 0.2) is 4.42 Å². The first-order chi connectivity index (χ1) is 8.75. The molecule has 0 saturated carbocycles. The van der Waals surface area contributed by atoms with Gasteiger partial charge in [-0.2, -0.15) is 0 Å². The average molecular weight is 266 g/mol. The van der Waals surface area contributed by atoms with Crippen molar-refractivity contribution in [3.63, 3.8) is 0 Å². The summed E-state index contributed by atoms with van der Waals surface area (Å²) in [5.74, 6) is 0.660. The maximum atomic E-state index is 5.75. The fourth-order valence-electron chi connectivity index (χ4n) is 2.37. The first kappa shape index (κ1) is 14.3. The average Bonchev–Trinajstić information content (AvgIpc) is 2.72. The van der Waals surface area contributed by atoms with Crippen LogP contribution in [-0.2, 0) is 6.54 Å². The number of hydrogen-bond donors (Lipinski definition) is 1. The molecule has 19 heavy (non-hydrogen) atoms. The van der Waals surface area contributed by atoms with Gasteiger partial charge in [0.1, 0.15) is 0 Å². The smallest absolute Gasteiger partial charge is 0.318 e. The monoisotopic (exact) mass is 266 g/mol. The van der Waals surface area contributed by atoms with E-state index in [0.29, 0.717) is 23.9 Å². The molecule has 108 valence electrons. The first-order valence-corrected chi connectivity index (χ1v) is 7.08. The molecule has 5 heteroatoms. The molecule has 0 aromatic carbocycles. The standard InChI is InChI=1S/C14H26N4O/c1-13(2,3)15-9-11-16-17-12(19-11)18-8-6-7-14(4,5)10-18/h15H,6-10H2,1-5H3. The maximum absolute atomic E-state index is 5.75. The van der Waals surface area contributed by atoms with Gasteiger partial charge >= 0.3 is 6.01 Å². The lowest BCUT2D eigenvalue weighted by molar-refractivity contribution is 0.281. The molecule has 1 N–H and O–H groups in total. The molecular weight excluding hydrogens is 240 g/mol. The number of nitrogens with zero attached hydrogens (tertiary/aromatic N) is 3. The van der Waals surface area contributed by atoms with E-state index in [1.54, 1.807) is 0 Å². The minimum absolute atomic E-state index is 0.0573. The van der Waals surface area contributed by atoms with Gasteiger partial charge in [0, 0.05) is 18.6 Å². The molecule has 0 atom stereocenters. The molecule has 5 nitrogen and oxygen atoms in total. The number of nitrogens with one attached hydrogen (secondary N) is 1. The third-order valence-electron chi connectivity index (χ3n) is 3.40. The Morgan fingerprint density at radius 2 is 2.05 bits per heavy atom. The van der Waals surface area contributed by atoms with Crippen LogP contribution in [0.1, 0.15) is 53.4 Å². The van der Waals surface area contributed by atoms with Crippen LogP contribution in [0.5, 0.6) is 0 Å². The number of hydrogen-bond acceptors (Lipinski definition) is 5. The summed E-state index contributed by atoms with van der Waals surface area (Å²) in [6.45, 7) is 13.6. The fourth-order valence-corrected chi connectivity index (χ4v) is 2.37. The number of aromatic nitrogens is 2. The Hall–Kier alpha value is -1.10. The van der Waals surface area contributed by atoms with Crippen LogP contribution in [0.4, 0.5) is 6.01 Å². The second-order valence-electron chi connectivity index (χ2n) is 7.27. The first-order valence-electron chi connectivity index (χ1n) is 7.08. The normalized spacial score (nSPS) is 19.7. The van der Waals surface area contributed by atoms with Gasteiger partial charge in [0.2, 0.25) is 5.89 Å². The Balaban J connectivity index is 1.97. The van der Waals surface area contributed by atoms with Crippen molar-refractivity contribution in [2.75, 3.05) is 18.0 Å². The van der Waals surface area contributed by atoms with Crippen molar-refractivity contribution in [1.29, 1.82) is 0 Å². The van der Waals surface area contributed by atoms with E-state index < -0.39 is 0 Å². The number of rotatable bonds is 3. The molecule has 0 bridgehead atoms. The second kappa shape index (κ2) is 5.12. The Bertz CT molecular complexity index is 419. The van der Waals surface area contributed by atoms with Gasteiger partial charge < -0.3 is 14.6 Å². The van der Waals surface area contributed by atoms with Gasteiger partial charge in [-0.15, -0.1) is 5.10 Å². The third-order valence-corrected chi connectivity index (χ3v) is 3.40. The van der Waals surface area contributed by atoms with Crippen molar-refractivity contribution in [1.82, 2.24) is 15.5 Å². The molecule has 1 saturated heterocycles. The van der Waals surface area contributed by atoms with E-state index in [9.17, 15) is 0 Å². The predicted octanol–water partition coefficient (Wildman–Crippen LogP) is 2.58. The Kier molecular flexibility index (Phi) is 3.85. The lowest BCUT2D eigenvalue weighted by atomic mass is 9.84. The molecule has 0 spiro atoms. The van der Waals surface area contributed by atoms with E-state index in [-0.39, 0.29) is 5.54 Å². The van der Waals surface area contributed by atoms with Gasteiger partial charge in [-0.1, -0.05) is 18.9 Å². The molecule has 2 heterocycles. The van der Waals surface area contributed by atoms with Gasteiger partial charge in [0.25, 0.3) is 0 Å². The lowest BCUT2D eigenvalue weighted by Crippen LogP contribution is -2.40. The summed E-state index contributed by atoms with van der Waals surface area (Å²) in [6.07, 6.45) is 2.45. The third kappa shape index (κ3) is 4.20. The summed E-state index contributed by atoms with van der Waals surface area (Å²) in [7, 11) is 0. The molecule has 0 amide bonds. The lowest BCUT2D eigenvalue weighted by Gasteiger charge is -2.36. The zero-order valence-electron chi connectivity index (χ0n) is 12.8. The van der Waals surface area contributed by atoms with Gasteiger partial charge in [-0.3, -0.25) is 0 Å². The van der Waals surface area contributed by atoms with E-state index in [1.165, 1.54) is 12.8 Å². The molecule has 0 radical (unpaired) electrons. The highest BCUT2D eigenvalue weighted by atomic mass is 16.4. The molecule has 1 fully saturated rings. The van der Waals surface area contributed by atoms with Crippen LogP contribution in [0.2, 0.25) is 0 Å². The summed E-state index contributed by atoms with van der Waals surface area (Å²) in [4.78, 5) is 2.21. The van der Waals surface area contributed by atoms with Crippen LogP contribution in [0, 0.1) is 5.41 Å². The maximum Gasteiger partial charge on any atom is 0.318 e. The van der Waals surface area contributed by atoms with Crippen molar-refractivity contribution in [2.24, 2.45) is 5.41 Å². The number of piperidine rings is 1.